The molecule has 2 N–H and O–H groups in total. The van der Waals surface area contributed by atoms with Gasteiger partial charge in [0.25, 0.3) is 0 Å². The highest BCUT2D eigenvalue weighted by Gasteiger charge is 2.19. The summed E-state index contributed by atoms with van der Waals surface area (Å²) in [5, 5.41) is 12.9. The highest BCUT2D eigenvalue weighted by Crippen LogP contribution is 2.20. The van der Waals surface area contributed by atoms with Crippen molar-refractivity contribution in [3.63, 3.8) is 0 Å². The van der Waals surface area contributed by atoms with Crippen LogP contribution in [-0.4, -0.2) is 48.2 Å². The molecule has 1 rings (SSSR count). The molecule has 0 unspecified atom stereocenters. The molecule has 1 fully saturated rings. The van der Waals surface area contributed by atoms with Crippen LogP contribution in [0.1, 0.15) is 53.4 Å². The molecule has 4 nitrogen and oxygen atoms in total. The number of piperidine rings is 1. The summed E-state index contributed by atoms with van der Waals surface area (Å²) in [5.74, 6) is 1.02. The predicted molar refractivity (Wildman–Crippen MR) is 96.9 cm³/mol. The Balaban J connectivity index is 0.00000361. The smallest absolute Gasteiger partial charge is 0.193 e. The van der Waals surface area contributed by atoms with Crippen molar-refractivity contribution in [2.75, 3.05) is 26.2 Å². The molecule has 20 heavy (non-hydrogen) atoms. The van der Waals surface area contributed by atoms with Gasteiger partial charge in [0.05, 0.1) is 6.10 Å². The van der Waals surface area contributed by atoms with Gasteiger partial charge >= 0.3 is 0 Å². The summed E-state index contributed by atoms with van der Waals surface area (Å²) in [6, 6.07) is 0. The minimum atomic E-state index is -0.125. The molecule has 0 saturated carbocycles. The van der Waals surface area contributed by atoms with Crippen LogP contribution in [0.3, 0.4) is 0 Å². The van der Waals surface area contributed by atoms with E-state index >= 15 is 0 Å². The van der Waals surface area contributed by atoms with Crippen LogP contribution in [0.2, 0.25) is 0 Å². The Morgan fingerprint density at radius 1 is 1.30 bits per heavy atom. The van der Waals surface area contributed by atoms with Gasteiger partial charge in [-0.15, -0.1) is 24.0 Å². The lowest BCUT2D eigenvalue weighted by Crippen LogP contribution is -2.46. The van der Waals surface area contributed by atoms with Crippen molar-refractivity contribution in [3.05, 3.63) is 0 Å². The highest BCUT2D eigenvalue weighted by molar-refractivity contribution is 14.0. The summed E-state index contributed by atoms with van der Waals surface area (Å²) in [7, 11) is 0. The first kappa shape index (κ1) is 20.0. The molecule has 120 valence electrons. The van der Waals surface area contributed by atoms with Crippen molar-refractivity contribution >= 4 is 29.9 Å². The second-order valence-corrected chi connectivity index (χ2v) is 6.62. The maximum Gasteiger partial charge on any atom is 0.193 e. The molecule has 0 aromatic rings. The molecule has 5 heteroatoms. The maximum atomic E-state index is 9.56. The van der Waals surface area contributed by atoms with Crippen molar-refractivity contribution in [2.24, 2.45) is 10.4 Å². The Bertz CT molecular complexity index is 281. The molecule has 0 bridgehead atoms. The van der Waals surface area contributed by atoms with E-state index in [9.17, 15) is 5.11 Å². The normalized spacial score (nSPS) is 17.9. The van der Waals surface area contributed by atoms with Crippen molar-refractivity contribution < 1.29 is 5.11 Å². The number of hydrogen-bond donors (Lipinski definition) is 2. The van der Waals surface area contributed by atoms with E-state index in [1.54, 1.807) is 0 Å². The van der Waals surface area contributed by atoms with Gasteiger partial charge in [-0.2, -0.15) is 0 Å². The quantitative estimate of drug-likeness (QED) is 0.332. The van der Waals surface area contributed by atoms with E-state index in [2.05, 4.69) is 37.9 Å². The van der Waals surface area contributed by atoms with E-state index in [0.29, 0.717) is 5.41 Å². The molecule has 0 atom stereocenters. The first-order chi connectivity index (χ1) is 8.92. The summed E-state index contributed by atoms with van der Waals surface area (Å²) in [6.07, 6.45) is 3.92. The van der Waals surface area contributed by atoms with Gasteiger partial charge in [-0.05, 0) is 38.0 Å². The first-order valence-corrected chi connectivity index (χ1v) is 7.63. The highest BCUT2D eigenvalue weighted by atomic mass is 127. The number of aliphatic hydroxyl groups is 1. The number of hydrogen-bond acceptors (Lipinski definition) is 2. The van der Waals surface area contributed by atoms with E-state index in [-0.39, 0.29) is 30.1 Å². The van der Waals surface area contributed by atoms with Crippen molar-refractivity contribution in [1.82, 2.24) is 10.2 Å². The van der Waals surface area contributed by atoms with Crippen molar-refractivity contribution in [1.29, 1.82) is 0 Å². The summed E-state index contributed by atoms with van der Waals surface area (Å²) >= 11 is 0. The van der Waals surface area contributed by atoms with Crippen LogP contribution in [-0.2, 0) is 0 Å². The zero-order valence-corrected chi connectivity index (χ0v) is 15.8. The Morgan fingerprint density at radius 2 is 1.90 bits per heavy atom. The van der Waals surface area contributed by atoms with Crippen LogP contribution in [0, 0.1) is 5.41 Å². The number of nitrogens with zero attached hydrogens (tertiary/aromatic N) is 2. The number of nitrogens with one attached hydrogen (secondary N) is 1. The second kappa shape index (κ2) is 9.82. The van der Waals surface area contributed by atoms with E-state index in [1.165, 1.54) is 6.42 Å². The largest absolute Gasteiger partial charge is 0.393 e. The molecule has 0 aliphatic carbocycles. The topological polar surface area (TPSA) is 47.9 Å². The van der Waals surface area contributed by atoms with Crippen molar-refractivity contribution in [3.8, 4) is 0 Å². The molecular formula is C15H32IN3O. The molecule has 0 aromatic carbocycles. The number of aliphatic imine (C=N–C) groups is 1. The Labute approximate surface area is 141 Å². The fourth-order valence-electron chi connectivity index (χ4n) is 2.30. The number of likely N-dealkylation sites (tertiary alicyclic amines) is 1. The SMILES string of the molecule is CCNC(=NCCCC(C)(C)C)N1CCC(O)CC1.I. The van der Waals surface area contributed by atoms with Gasteiger partial charge < -0.3 is 15.3 Å². The third-order valence-electron chi connectivity index (χ3n) is 3.45. The number of guanidine groups is 1. The second-order valence-electron chi connectivity index (χ2n) is 6.62. The van der Waals surface area contributed by atoms with Crippen LogP contribution in [0.15, 0.2) is 4.99 Å². The molecule has 0 radical (unpaired) electrons. The molecule has 0 spiro atoms. The Kier molecular flexibility index (Phi) is 9.80. The van der Waals surface area contributed by atoms with E-state index in [1.807, 2.05) is 0 Å². The fraction of sp³-hybridized carbons (Fsp3) is 0.933. The van der Waals surface area contributed by atoms with Crippen molar-refractivity contribution in [2.45, 2.75) is 59.5 Å². The maximum absolute atomic E-state index is 9.56. The van der Waals surface area contributed by atoms with Gasteiger partial charge in [0.2, 0.25) is 0 Å². The Morgan fingerprint density at radius 3 is 2.40 bits per heavy atom. The Hall–Kier alpha value is -0.0400. The van der Waals surface area contributed by atoms with E-state index in [0.717, 1.165) is 51.4 Å². The van der Waals surface area contributed by atoms with Crippen LogP contribution in [0.4, 0.5) is 0 Å². The lowest BCUT2D eigenvalue weighted by molar-refractivity contribution is 0.108. The van der Waals surface area contributed by atoms with Gasteiger partial charge in [-0.3, -0.25) is 4.99 Å². The van der Waals surface area contributed by atoms with Gasteiger partial charge in [0, 0.05) is 26.2 Å². The molecule has 1 heterocycles. The fourth-order valence-corrected chi connectivity index (χ4v) is 2.30. The monoisotopic (exact) mass is 397 g/mol. The predicted octanol–water partition coefficient (Wildman–Crippen LogP) is 2.85. The average Bonchev–Trinajstić information content (AvgIpc) is 2.33. The lowest BCUT2D eigenvalue weighted by Gasteiger charge is -2.32. The first-order valence-electron chi connectivity index (χ1n) is 7.63. The molecule has 1 aliphatic rings. The summed E-state index contributed by atoms with van der Waals surface area (Å²) < 4.78 is 0. The minimum Gasteiger partial charge on any atom is -0.393 e. The van der Waals surface area contributed by atoms with E-state index in [4.69, 9.17) is 4.99 Å². The summed E-state index contributed by atoms with van der Waals surface area (Å²) in [6.45, 7) is 12.5. The van der Waals surface area contributed by atoms with Crippen LogP contribution >= 0.6 is 24.0 Å². The molecule has 1 saturated heterocycles. The third-order valence-corrected chi connectivity index (χ3v) is 3.45. The van der Waals surface area contributed by atoms with Gasteiger partial charge in [-0.25, -0.2) is 0 Å². The zero-order chi connectivity index (χ0) is 14.3. The number of aliphatic hydroxyl groups excluding tert-OH is 1. The van der Waals surface area contributed by atoms with E-state index < -0.39 is 0 Å². The lowest BCUT2D eigenvalue weighted by atomic mass is 9.91. The van der Waals surface area contributed by atoms with Crippen LogP contribution < -0.4 is 5.32 Å². The zero-order valence-electron chi connectivity index (χ0n) is 13.5. The summed E-state index contributed by atoms with van der Waals surface area (Å²) in [4.78, 5) is 6.99. The summed E-state index contributed by atoms with van der Waals surface area (Å²) in [5.41, 5.74) is 0.392. The van der Waals surface area contributed by atoms with Crippen LogP contribution in [0.25, 0.3) is 0 Å². The molecular weight excluding hydrogens is 365 g/mol. The number of halogens is 1. The standard InChI is InChI=1S/C15H31N3O.HI/c1-5-16-14(17-10-6-9-15(2,3)4)18-11-7-13(19)8-12-18;/h13,19H,5-12H2,1-4H3,(H,16,17);1H. The van der Waals surface area contributed by atoms with Crippen LogP contribution in [0.5, 0.6) is 0 Å². The van der Waals surface area contributed by atoms with Gasteiger partial charge in [-0.1, -0.05) is 20.8 Å². The van der Waals surface area contributed by atoms with Gasteiger partial charge in [0.1, 0.15) is 0 Å². The molecule has 0 aromatic heterocycles. The third kappa shape index (κ3) is 8.29. The molecule has 1 aliphatic heterocycles. The minimum absolute atomic E-state index is 0. The molecule has 0 amide bonds. The average molecular weight is 397 g/mol. The number of rotatable bonds is 4. The van der Waals surface area contributed by atoms with Gasteiger partial charge in [0.15, 0.2) is 5.96 Å².